The van der Waals surface area contributed by atoms with Crippen molar-refractivity contribution in [1.82, 2.24) is 0 Å². The number of carbonyl (C=O) groups excluding carboxylic acids is 1. The smallest absolute Gasteiger partial charge is 0.165 e. The molecule has 0 atom stereocenters. The quantitative estimate of drug-likeness (QED) is 0.739. The number of benzene rings is 1. The molecule has 1 saturated carbocycles. The summed E-state index contributed by atoms with van der Waals surface area (Å²) in [4.78, 5) is 12.2. The van der Waals surface area contributed by atoms with E-state index in [1.54, 1.807) is 0 Å². The van der Waals surface area contributed by atoms with Crippen molar-refractivity contribution in [2.75, 3.05) is 14.2 Å². The van der Waals surface area contributed by atoms with E-state index in [-0.39, 0.29) is 11.3 Å². The molecule has 0 radical (unpaired) electrons. The molecule has 2 rings (SSSR count). The van der Waals surface area contributed by atoms with E-state index in [9.17, 15) is 9.18 Å². The summed E-state index contributed by atoms with van der Waals surface area (Å²) in [6, 6.07) is 2.65. The van der Waals surface area contributed by atoms with Gasteiger partial charge in [-0.15, -0.1) is 0 Å². The summed E-state index contributed by atoms with van der Waals surface area (Å²) in [5.41, 5.74) is 0.0978. The number of rotatable bonds is 6. The molecule has 0 saturated heterocycles. The molecule has 1 fully saturated rings. The molecule has 1 aromatic carbocycles. The lowest BCUT2D eigenvalue weighted by Crippen LogP contribution is -2.06. The molecule has 0 amide bonds. The summed E-state index contributed by atoms with van der Waals surface area (Å²) in [5.74, 6) is 0.618. The molecular weight excluding hydrogens is 259 g/mol. The third kappa shape index (κ3) is 3.30. The first-order valence-electron chi connectivity index (χ1n) is 7.10. The molecule has 0 N–H and O–H groups in total. The van der Waals surface area contributed by atoms with E-state index in [2.05, 4.69) is 0 Å². The highest BCUT2D eigenvalue weighted by atomic mass is 19.1. The van der Waals surface area contributed by atoms with Crippen LogP contribution >= 0.6 is 0 Å². The topological polar surface area (TPSA) is 35.5 Å². The summed E-state index contributed by atoms with van der Waals surface area (Å²) in [7, 11) is 2.92. The normalized spacial score (nSPS) is 15.3. The maximum Gasteiger partial charge on any atom is 0.165 e. The van der Waals surface area contributed by atoms with Crippen LogP contribution in [0.15, 0.2) is 12.1 Å². The predicted octanol–water partition coefficient (Wildman–Crippen LogP) is 4.00. The minimum absolute atomic E-state index is 0.0978. The van der Waals surface area contributed by atoms with Gasteiger partial charge in [-0.3, -0.25) is 4.79 Å². The molecule has 0 bridgehead atoms. The Morgan fingerprint density at radius 3 is 2.40 bits per heavy atom. The molecule has 1 aromatic rings. The average Bonchev–Trinajstić information content (AvgIpc) is 2.97. The average molecular weight is 280 g/mol. The summed E-state index contributed by atoms with van der Waals surface area (Å²) in [6.45, 7) is 0. The summed E-state index contributed by atoms with van der Waals surface area (Å²) < 4.78 is 24.1. The van der Waals surface area contributed by atoms with E-state index >= 15 is 0 Å². The summed E-state index contributed by atoms with van der Waals surface area (Å²) >= 11 is 0. The molecule has 20 heavy (non-hydrogen) atoms. The van der Waals surface area contributed by atoms with Crippen molar-refractivity contribution in [2.24, 2.45) is 5.92 Å². The van der Waals surface area contributed by atoms with Gasteiger partial charge in [0.05, 0.1) is 19.8 Å². The van der Waals surface area contributed by atoms with Gasteiger partial charge in [0, 0.05) is 12.5 Å². The molecule has 1 aliphatic rings. The fourth-order valence-corrected chi connectivity index (χ4v) is 2.84. The zero-order valence-corrected chi connectivity index (χ0v) is 12.1. The molecular formula is C16H21FO3. The first-order chi connectivity index (χ1) is 9.65. The first-order valence-corrected chi connectivity index (χ1v) is 7.10. The van der Waals surface area contributed by atoms with Gasteiger partial charge in [0.25, 0.3) is 0 Å². The van der Waals surface area contributed by atoms with E-state index in [1.165, 1.54) is 52.0 Å². The zero-order chi connectivity index (χ0) is 14.5. The Morgan fingerprint density at radius 2 is 1.80 bits per heavy atom. The van der Waals surface area contributed by atoms with Gasteiger partial charge in [-0.1, -0.05) is 25.7 Å². The monoisotopic (exact) mass is 280 g/mol. The highest BCUT2D eigenvalue weighted by Crippen LogP contribution is 2.32. The number of ketones is 1. The zero-order valence-electron chi connectivity index (χ0n) is 12.1. The molecule has 110 valence electrons. The molecule has 0 aromatic heterocycles. The molecule has 0 heterocycles. The number of hydrogen-bond donors (Lipinski definition) is 0. The Labute approximate surface area is 119 Å². The maximum absolute atomic E-state index is 13.9. The second kappa shape index (κ2) is 6.73. The lowest BCUT2D eigenvalue weighted by atomic mass is 9.97. The fraction of sp³-hybridized carbons (Fsp3) is 0.562. The molecule has 3 nitrogen and oxygen atoms in total. The van der Waals surface area contributed by atoms with Crippen LogP contribution < -0.4 is 9.47 Å². The first kappa shape index (κ1) is 14.8. The Balaban J connectivity index is 2.08. The van der Waals surface area contributed by atoms with E-state index in [1.807, 2.05) is 0 Å². The van der Waals surface area contributed by atoms with Gasteiger partial charge in [0.15, 0.2) is 17.3 Å². The second-order valence-electron chi connectivity index (χ2n) is 5.30. The van der Waals surface area contributed by atoms with Crippen molar-refractivity contribution in [3.63, 3.8) is 0 Å². The van der Waals surface area contributed by atoms with Gasteiger partial charge in [-0.25, -0.2) is 4.39 Å². The number of carbonyl (C=O) groups is 1. The number of halogens is 1. The van der Waals surface area contributed by atoms with Crippen LogP contribution in [-0.2, 0) is 0 Å². The molecule has 1 aliphatic carbocycles. The largest absolute Gasteiger partial charge is 0.493 e. The summed E-state index contributed by atoms with van der Waals surface area (Å²) in [6.07, 6.45) is 6.15. The minimum atomic E-state index is -0.543. The van der Waals surface area contributed by atoms with Crippen molar-refractivity contribution < 1.29 is 18.7 Å². The van der Waals surface area contributed by atoms with Gasteiger partial charge in [-0.05, 0) is 18.4 Å². The van der Waals surface area contributed by atoms with Crippen LogP contribution in [0.1, 0.15) is 48.9 Å². The Bertz CT molecular complexity index is 479. The van der Waals surface area contributed by atoms with Crippen LogP contribution in [0.3, 0.4) is 0 Å². The SMILES string of the molecule is COc1cc(F)c(C(=O)CCC2CCCC2)cc1OC. The lowest BCUT2D eigenvalue weighted by molar-refractivity contribution is 0.0969. The van der Waals surface area contributed by atoms with Crippen LogP contribution in [0, 0.1) is 11.7 Å². The maximum atomic E-state index is 13.9. The van der Waals surface area contributed by atoms with Crippen LogP contribution in [-0.4, -0.2) is 20.0 Å². The standard InChI is InChI=1S/C16H21FO3/c1-19-15-9-12(13(17)10-16(15)20-2)14(18)8-7-11-5-3-4-6-11/h9-11H,3-8H2,1-2H3. The van der Waals surface area contributed by atoms with Crippen molar-refractivity contribution >= 4 is 5.78 Å². The number of hydrogen-bond acceptors (Lipinski definition) is 3. The highest BCUT2D eigenvalue weighted by molar-refractivity contribution is 5.97. The highest BCUT2D eigenvalue weighted by Gasteiger charge is 2.20. The Kier molecular flexibility index (Phi) is 4.99. The van der Waals surface area contributed by atoms with Gasteiger partial charge >= 0.3 is 0 Å². The minimum Gasteiger partial charge on any atom is -0.493 e. The third-order valence-corrected chi connectivity index (χ3v) is 4.03. The molecule has 0 unspecified atom stereocenters. The van der Waals surface area contributed by atoms with Crippen molar-refractivity contribution in [2.45, 2.75) is 38.5 Å². The van der Waals surface area contributed by atoms with Crippen LogP contribution in [0.2, 0.25) is 0 Å². The van der Waals surface area contributed by atoms with E-state index in [4.69, 9.17) is 9.47 Å². The van der Waals surface area contributed by atoms with Gasteiger partial charge in [0.2, 0.25) is 0 Å². The Morgan fingerprint density at radius 1 is 1.20 bits per heavy atom. The van der Waals surface area contributed by atoms with E-state index in [0.29, 0.717) is 23.8 Å². The number of ether oxygens (including phenoxy) is 2. The molecule has 0 spiro atoms. The summed E-state index contributed by atoms with van der Waals surface area (Å²) in [5, 5.41) is 0. The van der Waals surface area contributed by atoms with E-state index in [0.717, 1.165) is 6.42 Å². The van der Waals surface area contributed by atoms with Crippen molar-refractivity contribution in [1.29, 1.82) is 0 Å². The fourth-order valence-electron chi connectivity index (χ4n) is 2.84. The van der Waals surface area contributed by atoms with E-state index < -0.39 is 5.82 Å². The Hall–Kier alpha value is -1.58. The predicted molar refractivity (Wildman–Crippen MR) is 75.0 cm³/mol. The van der Waals surface area contributed by atoms with Crippen LogP contribution in [0.4, 0.5) is 4.39 Å². The second-order valence-corrected chi connectivity index (χ2v) is 5.30. The van der Waals surface area contributed by atoms with Gasteiger partial charge < -0.3 is 9.47 Å². The third-order valence-electron chi connectivity index (χ3n) is 4.03. The van der Waals surface area contributed by atoms with Crippen LogP contribution in [0.25, 0.3) is 0 Å². The number of methoxy groups -OCH3 is 2. The van der Waals surface area contributed by atoms with Crippen LogP contribution in [0.5, 0.6) is 11.5 Å². The van der Waals surface area contributed by atoms with Gasteiger partial charge in [-0.2, -0.15) is 0 Å². The molecule has 4 heteroatoms. The molecule has 0 aliphatic heterocycles. The number of Topliss-reactive ketones (excluding diaryl/α,β-unsaturated/α-hetero) is 1. The van der Waals surface area contributed by atoms with Crippen molar-refractivity contribution in [3.8, 4) is 11.5 Å². The van der Waals surface area contributed by atoms with Crippen molar-refractivity contribution in [3.05, 3.63) is 23.5 Å². The lowest BCUT2D eigenvalue weighted by Gasteiger charge is -2.11. The van der Waals surface area contributed by atoms with Gasteiger partial charge in [0.1, 0.15) is 5.82 Å².